The van der Waals surface area contributed by atoms with Gasteiger partial charge in [0.1, 0.15) is 12.5 Å². The monoisotopic (exact) mass is 80.0 g/mol. The van der Waals surface area contributed by atoms with Gasteiger partial charge in [-0.2, -0.15) is 0 Å². The minimum Gasteiger partial charge on any atom is -0.240 e. The maximum Gasteiger partial charge on any atom is 0.138 e. The topological polar surface area (TPSA) is 38.7 Å². The summed E-state index contributed by atoms with van der Waals surface area (Å²) in [7, 11) is 0. The largest absolute Gasteiger partial charge is 0.240 e. The predicted octanol–water partition coefficient (Wildman–Crippen LogP) is -0.328. The lowest BCUT2D eigenvalue weighted by atomic mass is 10.9. The lowest BCUT2D eigenvalue weighted by molar-refractivity contribution is 0.961. The molecule has 3 heteroatoms. The van der Waals surface area contributed by atoms with Gasteiger partial charge in [-0.05, 0) is 0 Å². The fraction of sp³-hybridized carbons (Fsp3) is 0. The number of hydrogen-bond donors (Lipinski definition) is 0. The summed E-state index contributed by atoms with van der Waals surface area (Å²) in [6.07, 6.45) is 5.23. The molecule has 1 aromatic heterocycles. The van der Waals surface area contributed by atoms with Gasteiger partial charge in [0.2, 0.25) is 0 Å². The van der Waals surface area contributed by atoms with Crippen LogP contribution in [0, 0.1) is 6.20 Å². The summed E-state index contributed by atoms with van der Waals surface area (Å²) in [4.78, 5) is 3.56. The molecule has 1 aromatic rings. The first-order chi connectivity index (χ1) is 3.00. The quantitative estimate of drug-likeness (QED) is 0.428. The second kappa shape index (κ2) is 1.45. The Labute approximate surface area is 35.1 Å². The maximum atomic E-state index is 3.56. The van der Waals surface area contributed by atoms with E-state index in [4.69, 9.17) is 0 Å². The zero-order valence-electron chi connectivity index (χ0n) is 3.00. The van der Waals surface area contributed by atoms with E-state index in [0.29, 0.717) is 0 Å². The Morgan fingerprint density at radius 3 is 2.67 bits per heavy atom. The zero-order chi connectivity index (χ0) is 4.24. The standard InChI is InChI=1S/C3H2N3/c1-2-5-6-3-4-1/h1,3H. The van der Waals surface area contributed by atoms with Crippen LogP contribution < -0.4 is 0 Å². The molecule has 1 radical (unpaired) electrons. The molecule has 0 amide bonds. The van der Waals surface area contributed by atoms with Gasteiger partial charge in [-0.3, -0.25) is 0 Å². The first kappa shape index (κ1) is 3.21. The van der Waals surface area contributed by atoms with E-state index in [1.807, 2.05) is 0 Å². The summed E-state index contributed by atoms with van der Waals surface area (Å²) in [5.41, 5.74) is 0. The van der Waals surface area contributed by atoms with Gasteiger partial charge in [0.25, 0.3) is 0 Å². The molecular weight excluding hydrogens is 78.1 g/mol. The van der Waals surface area contributed by atoms with Crippen molar-refractivity contribution in [1.82, 2.24) is 15.2 Å². The van der Waals surface area contributed by atoms with Crippen LogP contribution in [0.25, 0.3) is 0 Å². The molecule has 0 aliphatic carbocycles. The third-order valence-electron chi connectivity index (χ3n) is 0.366. The second-order valence-corrected chi connectivity index (χ2v) is 0.738. The molecular formula is C3H2N3. The fourth-order valence-corrected chi connectivity index (χ4v) is 0.181. The van der Waals surface area contributed by atoms with Crippen LogP contribution in [0.5, 0.6) is 0 Å². The highest BCUT2D eigenvalue weighted by Gasteiger charge is 1.61. The van der Waals surface area contributed by atoms with Crippen LogP contribution >= 0.6 is 0 Å². The van der Waals surface area contributed by atoms with Crippen molar-refractivity contribution in [3.8, 4) is 0 Å². The van der Waals surface area contributed by atoms with E-state index in [9.17, 15) is 0 Å². The molecule has 0 saturated carbocycles. The van der Waals surface area contributed by atoms with E-state index in [-0.39, 0.29) is 0 Å². The van der Waals surface area contributed by atoms with Gasteiger partial charge in [-0.1, -0.05) is 0 Å². The van der Waals surface area contributed by atoms with E-state index >= 15 is 0 Å². The van der Waals surface area contributed by atoms with E-state index in [1.54, 1.807) is 0 Å². The highest BCUT2D eigenvalue weighted by atomic mass is 15.1. The number of nitrogens with zero attached hydrogens (tertiary/aromatic N) is 3. The molecule has 0 atom stereocenters. The molecule has 0 aliphatic heterocycles. The van der Waals surface area contributed by atoms with Crippen LogP contribution in [0.2, 0.25) is 0 Å². The van der Waals surface area contributed by atoms with Crippen LogP contribution in [0.1, 0.15) is 0 Å². The summed E-state index contributed by atoms with van der Waals surface area (Å²) in [5, 5.41) is 6.72. The average molecular weight is 80.1 g/mol. The number of hydrogen-bond acceptors (Lipinski definition) is 3. The fourth-order valence-electron chi connectivity index (χ4n) is 0.181. The average Bonchev–Trinajstić information content (AvgIpc) is 1.72. The first-order valence-electron chi connectivity index (χ1n) is 1.49. The number of rotatable bonds is 0. The molecule has 0 bridgehead atoms. The second-order valence-electron chi connectivity index (χ2n) is 0.738. The van der Waals surface area contributed by atoms with Crippen molar-refractivity contribution < 1.29 is 0 Å². The van der Waals surface area contributed by atoms with Gasteiger partial charge in [-0.25, -0.2) is 4.98 Å². The van der Waals surface area contributed by atoms with Crippen molar-refractivity contribution in [2.45, 2.75) is 0 Å². The van der Waals surface area contributed by atoms with Crippen LogP contribution in [-0.4, -0.2) is 15.2 Å². The van der Waals surface area contributed by atoms with Gasteiger partial charge < -0.3 is 0 Å². The normalized spacial score (nSPS) is 8.00. The van der Waals surface area contributed by atoms with E-state index in [2.05, 4.69) is 21.4 Å². The molecule has 1 heterocycles. The molecule has 0 saturated heterocycles. The van der Waals surface area contributed by atoms with Gasteiger partial charge in [-0.15, -0.1) is 10.2 Å². The van der Waals surface area contributed by atoms with E-state index < -0.39 is 0 Å². The molecule has 0 unspecified atom stereocenters. The highest BCUT2D eigenvalue weighted by molar-refractivity contribution is 4.55. The lowest BCUT2D eigenvalue weighted by Gasteiger charge is -1.67. The molecule has 0 spiro atoms. The maximum absolute atomic E-state index is 3.56. The van der Waals surface area contributed by atoms with Gasteiger partial charge in [0.15, 0.2) is 0 Å². The Hall–Kier alpha value is -0.990. The summed E-state index contributed by atoms with van der Waals surface area (Å²) in [5.74, 6) is 0. The van der Waals surface area contributed by atoms with Crippen LogP contribution in [-0.2, 0) is 0 Å². The predicted molar refractivity (Wildman–Crippen MR) is 18.7 cm³/mol. The minimum atomic E-state index is 1.36. The smallest absolute Gasteiger partial charge is 0.138 e. The summed E-state index contributed by atoms with van der Waals surface area (Å²) in [6, 6.07) is 0. The van der Waals surface area contributed by atoms with Crippen LogP contribution in [0.3, 0.4) is 0 Å². The Balaban J connectivity index is 3.00. The van der Waals surface area contributed by atoms with Crippen LogP contribution in [0.15, 0.2) is 12.5 Å². The van der Waals surface area contributed by atoms with Crippen molar-refractivity contribution in [1.29, 1.82) is 0 Å². The molecule has 6 heavy (non-hydrogen) atoms. The molecule has 1 rings (SSSR count). The molecule has 0 aliphatic rings. The van der Waals surface area contributed by atoms with E-state index in [1.165, 1.54) is 12.5 Å². The Kier molecular flexibility index (Phi) is 0.774. The summed E-state index contributed by atoms with van der Waals surface area (Å²) >= 11 is 0. The summed E-state index contributed by atoms with van der Waals surface area (Å²) in [6.45, 7) is 0. The van der Waals surface area contributed by atoms with Crippen LogP contribution in [0.4, 0.5) is 0 Å². The van der Waals surface area contributed by atoms with Crippen molar-refractivity contribution in [3.05, 3.63) is 18.7 Å². The van der Waals surface area contributed by atoms with Crippen molar-refractivity contribution in [3.63, 3.8) is 0 Å². The Morgan fingerprint density at radius 2 is 2.50 bits per heavy atom. The highest BCUT2D eigenvalue weighted by Crippen LogP contribution is 1.57. The van der Waals surface area contributed by atoms with Crippen molar-refractivity contribution in [2.75, 3.05) is 0 Å². The van der Waals surface area contributed by atoms with Gasteiger partial charge in [0, 0.05) is 0 Å². The zero-order valence-corrected chi connectivity index (χ0v) is 3.00. The molecule has 3 nitrogen and oxygen atoms in total. The lowest BCUT2D eigenvalue weighted by Crippen LogP contribution is -1.76. The third kappa shape index (κ3) is 0.484. The SMILES string of the molecule is [c]1cncnn1. The minimum absolute atomic E-state index is 1.36. The molecule has 0 N–H and O–H groups in total. The number of aromatic nitrogens is 3. The van der Waals surface area contributed by atoms with Crippen molar-refractivity contribution >= 4 is 0 Å². The molecule has 29 valence electrons. The van der Waals surface area contributed by atoms with E-state index in [0.717, 1.165) is 0 Å². The van der Waals surface area contributed by atoms with Gasteiger partial charge in [0.05, 0.1) is 6.20 Å². The summed E-state index contributed by atoms with van der Waals surface area (Å²) < 4.78 is 0. The van der Waals surface area contributed by atoms with Crippen molar-refractivity contribution in [2.24, 2.45) is 0 Å². The molecule has 0 aromatic carbocycles. The third-order valence-corrected chi connectivity index (χ3v) is 0.366. The first-order valence-corrected chi connectivity index (χ1v) is 1.49. The Bertz CT molecular complexity index is 78.0. The van der Waals surface area contributed by atoms with Gasteiger partial charge >= 0.3 is 0 Å². The Morgan fingerprint density at radius 1 is 1.50 bits per heavy atom. The molecule has 0 fully saturated rings.